The van der Waals surface area contributed by atoms with Crippen molar-refractivity contribution in [1.82, 2.24) is 15.2 Å². The molecular weight excluding hydrogens is 304 g/mol. The molecule has 3 heterocycles. The van der Waals surface area contributed by atoms with Gasteiger partial charge in [-0.25, -0.2) is 10.1 Å². The molecule has 3 aromatic rings. The van der Waals surface area contributed by atoms with Gasteiger partial charge in [0.25, 0.3) is 5.56 Å². The van der Waals surface area contributed by atoms with E-state index in [2.05, 4.69) is 20.5 Å². The van der Waals surface area contributed by atoms with E-state index in [1.54, 1.807) is 18.3 Å². The molecule has 3 aromatic heterocycles. The molecule has 3 rings (SSSR count). The number of hydrogen-bond acceptors (Lipinski definition) is 6. The van der Waals surface area contributed by atoms with Crippen LogP contribution in [0.1, 0.15) is 11.5 Å². The van der Waals surface area contributed by atoms with Gasteiger partial charge in [-0.15, -0.1) is 0 Å². The Morgan fingerprint density at radius 1 is 1.41 bits per heavy atom. The van der Waals surface area contributed by atoms with Gasteiger partial charge in [0.2, 0.25) is 11.8 Å². The fraction of sp³-hybridized carbons (Fsp3) is 0.143. The summed E-state index contributed by atoms with van der Waals surface area (Å²) in [6, 6.07) is 4.63. The van der Waals surface area contributed by atoms with Crippen molar-refractivity contribution in [1.29, 1.82) is 0 Å². The standard InChI is InChI=1S/C14H12N4O3S/c1-8-10(15-14(21-8)9-4-5-22-7-9)6-13(20)16-11-2-3-12(19)18-17-11/h2-5,7H,6H2,1H3,(H,18,19)(H,16,17,20). The molecule has 0 bridgehead atoms. The number of aromatic nitrogens is 3. The molecule has 0 aliphatic rings. The summed E-state index contributed by atoms with van der Waals surface area (Å²) < 4.78 is 5.58. The highest BCUT2D eigenvalue weighted by atomic mass is 32.1. The number of H-pyrrole nitrogens is 1. The first-order valence-corrected chi connectivity index (χ1v) is 7.40. The number of nitrogens with one attached hydrogen (secondary N) is 2. The molecule has 22 heavy (non-hydrogen) atoms. The van der Waals surface area contributed by atoms with Crippen LogP contribution in [0.25, 0.3) is 11.5 Å². The van der Waals surface area contributed by atoms with E-state index in [9.17, 15) is 9.59 Å². The van der Waals surface area contributed by atoms with Crippen LogP contribution in [0, 0.1) is 6.92 Å². The van der Waals surface area contributed by atoms with Crippen LogP contribution < -0.4 is 10.9 Å². The topological polar surface area (TPSA) is 101 Å². The van der Waals surface area contributed by atoms with Crippen LogP contribution in [0.4, 0.5) is 5.82 Å². The van der Waals surface area contributed by atoms with Crippen LogP contribution in [0.3, 0.4) is 0 Å². The third kappa shape index (κ3) is 3.12. The normalized spacial score (nSPS) is 10.6. The van der Waals surface area contributed by atoms with Crippen molar-refractivity contribution >= 4 is 23.1 Å². The maximum absolute atomic E-state index is 12.0. The number of rotatable bonds is 4. The molecule has 0 aliphatic heterocycles. The number of aryl methyl sites for hydroxylation is 1. The van der Waals surface area contributed by atoms with Gasteiger partial charge in [0, 0.05) is 17.0 Å². The average Bonchev–Trinajstić information content (AvgIpc) is 3.12. The highest BCUT2D eigenvalue weighted by Gasteiger charge is 2.15. The van der Waals surface area contributed by atoms with Crippen molar-refractivity contribution in [2.45, 2.75) is 13.3 Å². The van der Waals surface area contributed by atoms with Gasteiger partial charge in [-0.1, -0.05) is 0 Å². The maximum Gasteiger partial charge on any atom is 0.264 e. The van der Waals surface area contributed by atoms with Crippen molar-refractivity contribution in [3.8, 4) is 11.5 Å². The first kappa shape index (κ1) is 14.2. The fourth-order valence-corrected chi connectivity index (χ4v) is 2.48. The number of oxazole rings is 1. The number of amides is 1. The predicted octanol–water partition coefficient (Wildman–Crippen LogP) is 1.98. The fourth-order valence-electron chi connectivity index (χ4n) is 1.85. The van der Waals surface area contributed by atoms with Crippen LogP contribution in [0.2, 0.25) is 0 Å². The molecule has 0 radical (unpaired) electrons. The van der Waals surface area contributed by atoms with Gasteiger partial charge in [0.05, 0.1) is 12.1 Å². The van der Waals surface area contributed by atoms with Gasteiger partial charge in [0.15, 0.2) is 5.82 Å². The van der Waals surface area contributed by atoms with E-state index in [-0.39, 0.29) is 23.7 Å². The average molecular weight is 316 g/mol. The zero-order valence-electron chi connectivity index (χ0n) is 11.6. The van der Waals surface area contributed by atoms with E-state index in [0.717, 1.165) is 5.56 Å². The zero-order valence-corrected chi connectivity index (χ0v) is 12.4. The minimum Gasteiger partial charge on any atom is -0.441 e. The number of anilines is 1. The number of carbonyl (C=O) groups excluding carboxylic acids is 1. The van der Waals surface area contributed by atoms with Gasteiger partial charge in [0.1, 0.15) is 5.76 Å². The van der Waals surface area contributed by atoms with Gasteiger partial charge < -0.3 is 9.73 Å². The largest absolute Gasteiger partial charge is 0.441 e. The van der Waals surface area contributed by atoms with E-state index in [0.29, 0.717) is 17.3 Å². The molecule has 1 amide bonds. The van der Waals surface area contributed by atoms with Gasteiger partial charge >= 0.3 is 0 Å². The van der Waals surface area contributed by atoms with Crippen LogP contribution in [-0.4, -0.2) is 21.1 Å². The van der Waals surface area contributed by atoms with Crippen LogP contribution in [0.5, 0.6) is 0 Å². The van der Waals surface area contributed by atoms with Crippen LogP contribution >= 0.6 is 11.3 Å². The predicted molar refractivity (Wildman–Crippen MR) is 81.7 cm³/mol. The van der Waals surface area contributed by atoms with E-state index in [1.165, 1.54) is 12.1 Å². The monoisotopic (exact) mass is 316 g/mol. The van der Waals surface area contributed by atoms with E-state index in [1.807, 2.05) is 16.8 Å². The second-order valence-electron chi connectivity index (χ2n) is 4.57. The molecule has 2 N–H and O–H groups in total. The lowest BCUT2D eigenvalue weighted by Crippen LogP contribution is -2.18. The van der Waals surface area contributed by atoms with Crippen molar-refractivity contribution < 1.29 is 9.21 Å². The Kier molecular flexibility index (Phi) is 3.84. The van der Waals surface area contributed by atoms with Crippen LogP contribution in [0.15, 0.2) is 38.2 Å². The van der Waals surface area contributed by atoms with Crippen molar-refractivity contribution in [3.63, 3.8) is 0 Å². The summed E-state index contributed by atoms with van der Waals surface area (Å²) in [7, 11) is 0. The summed E-state index contributed by atoms with van der Waals surface area (Å²) in [5.41, 5.74) is 1.14. The lowest BCUT2D eigenvalue weighted by Gasteiger charge is -2.01. The van der Waals surface area contributed by atoms with Gasteiger partial charge in [-0.05, 0) is 24.4 Å². The summed E-state index contributed by atoms with van der Waals surface area (Å²) in [4.78, 5) is 27.2. The number of carbonyl (C=O) groups is 1. The minimum atomic E-state index is -0.328. The Bertz CT molecular complexity index is 831. The molecule has 0 saturated heterocycles. The first-order valence-electron chi connectivity index (χ1n) is 6.46. The van der Waals surface area contributed by atoms with Crippen molar-refractivity contribution in [2.75, 3.05) is 5.32 Å². The molecule has 7 nitrogen and oxygen atoms in total. The van der Waals surface area contributed by atoms with E-state index >= 15 is 0 Å². The SMILES string of the molecule is Cc1oc(-c2ccsc2)nc1CC(=O)Nc1ccc(=O)[nH]n1. The minimum absolute atomic E-state index is 0.0697. The summed E-state index contributed by atoms with van der Waals surface area (Å²) in [5, 5.41) is 12.4. The molecule has 0 fully saturated rings. The highest BCUT2D eigenvalue weighted by Crippen LogP contribution is 2.24. The molecule has 0 aromatic carbocycles. The quantitative estimate of drug-likeness (QED) is 0.766. The van der Waals surface area contributed by atoms with Crippen LogP contribution in [-0.2, 0) is 11.2 Å². The number of nitrogens with zero attached hydrogens (tertiary/aromatic N) is 2. The summed E-state index contributed by atoms with van der Waals surface area (Å²) in [5.74, 6) is 1.10. The summed E-state index contributed by atoms with van der Waals surface area (Å²) >= 11 is 1.55. The van der Waals surface area contributed by atoms with Gasteiger partial charge in [-0.3, -0.25) is 9.59 Å². The Morgan fingerprint density at radius 3 is 2.95 bits per heavy atom. The molecule has 0 saturated carbocycles. The molecule has 8 heteroatoms. The van der Waals surface area contributed by atoms with E-state index < -0.39 is 0 Å². The second kappa shape index (κ2) is 5.94. The Hall–Kier alpha value is -2.74. The number of hydrogen-bond donors (Lipinski definition) is 2. The molecule has 0 atom stereocenters. The highest BCUT2D eigenvalue weighted by molar-refractivity contribution is 7.08. The Labute approximate surface area is 129 Å². The van der Waals surface area contributed by atoms with Crippen molar-refractivity contribution in [3.05, 3.63) is 50.8 Å². The lowest BCUT2D eigenvalue weighted by atomic mass is 10.2. The molecular formula is C14H12N4O3S. The number of aromatic amines is 1. The molecule has 0 unspecified atom stereocenters. The lowest BCUT2D eigenvalue weighted by molar-refractivity contribution is -0.115. The smallest absolute Gasteiger partial charge is 0.264 e. The Balaban J connectivity index is 1.71. The molecule has 0 aliphatic carbocycles. The van der Waals surface area contributed by atoms with Gasteiger partial charge in [-0.2, -0.15) is 16.4 Å². The van der Waals surface area contributed by atoms with Crippen molar-refractivity contribution in [2.24, 2.45) is 0 Å². The number of thiophene rings is 1. The third-order valence-corrected chi connectivity index (χ3v) is 3.62. The third-order valence-electron chi connectivity index (χ3n) is 2.94. The Morgan fingerprint density at radius 2 is 2.27 bits per heavy atom. The second-order valence-corrected chi connectivity index (χ2v) is 5.35. The molecule has 112 valence electrons. The summed E-state index contributed by atoms with van der Waals surface area (Å²) in [6.45, 7) is 1.77. The first-order chi connectivity index (χ1) is 10.6. The molecule has 0 spiro atoms. The maximum atomic E-state index is 12.0. The van der Waals surface area contributed by atoms with E-state index in [4.69, 9.17) is 4.42 Å². The summed E-state index contributed by atoms with van der Waals surface area (Å²) in [6.07, 6.45) is 0.0697. The zero-order chi connectivity index (χ0) is 15.5.